The van der Waals surface area contributed by atoms with Crippen molar-refractivity contribution in [1.29, 1.82) is 0 Å². The molecule has 1 heterocycles. The Morgan fingerprint density at radius 2 is 1.86 bits per heavy atom. The molecule has 1 aromatic rings. The Bertz CT molecular complexity index is 450. The van der Waals surface area contributed by atoms with Crippen molar-refractivity contribution in [1.82, 2.24) is 4.90 Å². The van der Waals surface area contributed by atoms with Crippen LogP contribution in [-0.2, 0) is 11.3 Å². The predicted molar refractivity (Wildman–Crippen MR) is 86.1 cm³/mol. The lowest BCUT2D eigenvalue weighted by Gasteiger charge is -2.50. The van der Waals surface area contributed by atoms with Crippen LogP contribution >= 0.6 is 0 Å². The molecular weight excluding hydrogens is 262 g/mol. The van der Waals surface area contributed by atoms with Crippen LogP contribution in [0.3, 0.4) is 0 Å². The molecule has 0 bridgehead atoms. The quantitative estimate of drug-likeness (QED) is 0.929. The molecule has 21 heavy (non-hydrogen) atoms. The number of piperidine rings is 1. The highest BCUT2D eigenvalue weighted by atomic mass is 16.5. The molecule has 1 aliphatic heterocycles. The normalized spacial score (nSPS) is 26.8. The predicted octanol–water partition coefficient (Wildman–Crippen LogP) is 3.07. The first-order valence-corrected chi connectivity index (χ1v) is 7.79. The van der Waals surface area contributed by atoms with Crippen LogP contribution < -0.4 is 0 Å². The Balaban J connectivity index is 2.06. The summed E-state index contributed by atoms with van der Waals surface area (Å²) in [4.78, 5) is 2.41. The van der Waals surface area contributed by atoms with Crippen LogP contribution in [0.4, 0.5) is 0 Å². The summed E-state index contributed by atoms with van der Waals surface area (Å²) in [6, 6.07) is 10.1. The molecule has 0 aliphatic carbocycles. The average Bonchev–Trinajstić information content (AvgIpc) is 2.40. The van der Waals surface area contributed by atoms with E-state index in [0.29, 0.717) is 6.61 Å². The molecule has 0 spiro atoms. The first-order valence-electron chi connectivity index (χ1n) is 7.79. The van der Waals surface area contributed by atoms with Gasteiger partial charge in [-0.1, -0.05) is 44.2 Å². The van der Waals surface area contributed by atoms with E-state index >= 15 is 0 Å². The van der Waals surface area contributed by atoms with Gasteiger partial charge in [0.2, 0.25) is 0 Å². The summed E-state index contributed by atoms with van der Waals surface area (Å²) in [5.74, 6) is 0. The average molecular weight is 291 g/mol. The van der Waals surface area contributed by atoms with E-state index in [-0.39, 0.29) is 17.1 Å². The second kappa shape index (κ2) is 6.07. The van der Waals surface area contributed by atoms with E-state index in [1.807, 2.05) is 18.2 Å². The van der Waals surface area contributed by atoms with Crippen molar-refractivity contribution in [3.63, 3.8) is 0 Å². The van der Waals surface area contributed by atoms with E-state index in [1.165, 1.54) is 0 Å². The zero-order valence-electron chi connectivity index (χ0n) is 14.0. The zero-order chi connectivity index (χ0) is 15.7. The van der Waals surface area contributed by atoms with Gasteiger partial charge in [-0.2, -0.15) is 0 Å². The fourth-order valence-electron chi connectivity index (χ4n) is 2.90. The van der Waals surface area contributed by atoms with Crippen molar-refractivity contribution in [2.45, 2.75) is 59.0 Å². The molecule has 118 valence electrons. The lowest BCUT2D eigenvalue weighted by Crippen LogP contribution is -2.61. The molecular formula is C18H29NO2. The fourth-order valence-corrected chi connectivity index (χ4v) is 2.90. The molecule has 0 saturated carbocycles. The Labute approximate surface area is 128 Å². The first kappa shape index (κ1) is 16.5. The number of hydrogen-bond acceptors (Lipinski definition) is 3. The molecule has 2 atom stereocenters. The summed E-state index contributed by atoms with van der Waals surface area (Å²) in [5, 5.41) is 10.6. The number of rotatable bonds is 3. The van der Waals surface area contributed by atoms with E-state index in [0.717, 1.165) is 18.7 Å². The van der Waals surface area contributed by atoms with Crippen molar-refractivity contribution in [2.75, 3.05) is 13.1 Å². The number of aliphatic hydroxyl groups excluding tert-OH is 1. The summed E-state index contributed by atoms with van der Waals surface area (Å²) in [7, 11) is 0. The highest BCUT2D eigenvalue weighted by Gasteiger charge is 2.44. The van der Waals surface area contributed by atoms with Crippen molar-refractivity contribution in [3.8, 4) is 0 Å². The Kier molecular flexibility index (Phi) is 4.76. The lowest BCUT2D eigenvalue weighted by molar-refractivity contribution is -0.153. The molecule has 0 unspecified atom stereocenters. The second-order valence-corrected chi connectivity index (χ2v) is 7.82. The van der Waals surface area contributed by atoms with Gasteiger partial charge in [0.05, 0.1) is 18.8 Å². The lowest BCUT2D eigenvalue weighted by atomic mass is 9.78. The van der Waals surface area contributed by atoms with E-state index in [2.05, 4.69) is 51.7 Å². The third kappa shape index (κ3) is 4.06. The molecule has 0 aromatic heterocycles. The summed E-state index contributed by atoms with van der Waals surface area (Å²) >= 11 is 0. The molecule has 1 aliphatic rings. The van der Waals surface area contributed by atoms with Crippen LogP contribution in [0.15, 0.2) is 30.3 Å². The monoisotopic (exact) mass is 291 g/mol. The zero-order valence-corrected chi connectivity index (χ0v) is 14.0. The van der Waals surface area contributed by atoms with Gasteiger partial charge in [0.25, 0.3) is 0 Å². The minimum atomic E-state index is -0.431. The number of likely N-dealkylation sites (tertiary alicyclic amines) is 1. The maximum atomic E-state index is 10.6. The van der Waals surface area contributed by atoms with E-state index in [1.54, 1.807) is 0 Å². The van der Waals surface area contributed by atoms with Gasteiger partial charge >= 0.3 is 0 Å². The van der Waals surface area contributed by atoms with Gasteiger partial charge in [-0.05, 0) is 26.3 Å². The standard InChI is InChI=1S/C18H29NO2/c1-17(2,3)19-11-15(16(20)18(4,5)13-19)21-12-14-9-7-6-8-10-14/h6-10,15-16,20H,11-13H2,1-5H3/t15-,16-/m1/s1. The Hall–Kier alpha value is -0.900. The summed E-state index contributed by atoms with van der Waals surface area (Å²) in [6.07, 6.45) is -0.576. The fraction of sp³-hybridized carbons (Fsp3) is 0.667. The number of ether oxygens (including phenoxy) is 1. The van der Waals surface area contributed by atoms with Crippen molar-refractivity contribution in [3.05, 3.63) is 35.9 Å². The highest BCUT2D eigenvalue weighted by molar-refractivity contribution is 5.13. The molecule has 1 saturated heterocycles. The number of nitrogens with zero attached hydrogens (tertiary/aromatic N) is 1. The maximum Gasteiger partial charge on any atom is 0.0970 e. The van der Waals surface area contributed by atoms with Crippen molar-refractivity contribution < 1.29 is 9.84 Å². The van der Waals surface area contributed by atoms with Gasteiger partial charge in [-0.25, -0.2) is 0 Å². The third-order valence-corrected chi connectivity index (χ3v) is 4.41. The molecule has 3 heteroatoms. The summed E-state index contributed by atoms with van der Waals surface area (Å²) in [6.45, 7) is 13.1. The van der Waals surface area contributed by atoms with E-state index in [9.17, 15) is 5.11 Å². The molecule has 1 fully saturated rings. The Morgan fingerprint density at radius 3 is 2.43 bits per heavy atom. The minimum Gasteiger partial charge on any atom is -0.390 e. The van der Waals surface area contributed by atoms with Crippen LogP contribution in [0.25, 0.3) is 0 Å². The van der Waals surface area contributed by atoms with Gasteiger partial charge in [0.15, 0.2) is 0 Å². The second-order valence-electron chi connectivity index (χ2n) is 7.82. The number of aliphatic hydroxyl groups is 1. The topological polar surface area (TPSA) is 32.7 Å². The first-order chi connectivity index (χ1) is 9.70. The van der Waals surface area contributed by atoms with Crippen LogP contribution in [0.5, 0.6) is 0 Å². The Morgan fingerprint density at radius 1 is 1.24 bits per heavy atom. The van der Waals surface area contributed by atoms with Gasteiger partial charge in [0.1, 0.15) is 0 Å². The smallest absolute Gasteiger partial charge is 0.0970 e. The molecule has 0 amide bonds. The molecule has 3 nitrogen and oxygen atoms in total. The third-order valence-electron chi connectivity index (χ3n) is 4.41. The SMILES string of the molecule is CC1(C)CN(C(C)(C)C)C[C@@H](OCc2ccccc2)[C@H]1O. The largest absolute Gasteiger partial charge is 0.390 e. The summed E-state index contributed by atoms with van der Waals surface area (Å²) in [5.41, 5.74) is 1.08. The van der Waals surface area contributed by atoms with E-state index < -0.39 is 6.10 Å². The molecule has 2 rings (SSSR count). The summed E-state index contributed by atoms with van der Waals surface area (Å²) < 4.78 is 6.05. The van der Waals surface area contributed by atoms with Crippen molar-refractivity contribution >= 4 is 0 Å². The molecule has 1 N–H and O–H groups in total. The van der Waals surface area contributed by atoms with E-state index in [4.69, 9.17) is 4.74 Å². The number of hydrogen-bond donors (Lipinski definition) is 1. The molecule has 0 radical (unpaired) electrons. The van der Waals surface area contributed by atoms with Gasteiger partial charge < -0.3 is 9.84 Å². The van der Waals surface area contributed by atoms with Crippen LogP contribution in [0.1, 0.15) is 40.2 Å². The highest BCUT2D eigenvalue weighted by Crippen LogP contribution is 2.34. The van der Waals surface area contributed by atoms with Gasteiger partial charge in [-0.3, -0.25) is 4.90 Å². The molecule has 1 aromatic carbocycles. The van der Waals surface area contributed by atoms with Crippen LogP contribution in [-0.4, -0.2) is 40.8 Å². The number of benzene rings is 1. The maximum absolute atomic E-state index is 10.6. The van der Waals surface area contributed by atoms with Crippen LogP contribution in [0, 0.1) is 5.41 Å². The van der Waals surface area contributed by atoms with Crippen LogP contribution in [0.2, 0.25) is 0 Å². The van der Waals surface area contributed by atoms with Crippen molar-refractivity contribution in [2.24, 2.45) is 5.41 Å². The van der Waals surface area contributed by atoms with Gasteiger partial charge in [-0.15, -0.1) is 0 Å². The van der Waals surface area contributed by atoms with Gasteiger partial charge in [0, 0.05) is 24.0 Å². The minimum absolute atomic E-state index is 0.0891.